The Morgan fingerprint density at radius 3 is 2.34 bits per heavy atom. The Morgan fingerprint density at radius 1 is 0.966 bits per heavy atom. The fraction of sp³-hybridized carbons (Fsp3) is 0.0476. The first kappa shape index (κ1) is 19.3. The number of aromatic nitrogens is 1. The molecule has 8 heteroatoms. The van der Waals surface area contributed by atoms with Crippen LogP contribution in [0.3, 0.4) is 0 Å². The highest BCUT2D eigenvalue weighted by atomic mass is 32.2. The van der Waals surface area contributed by atoms with Gasteiger partial charge in [-0.25, -0.2) is 18.5 Å². The van der Waals surface area contributed by atoms with Gasteiger partial charge in [0.2, 0.25) is 10.0 Å². The molecule has 29 heavy (non-hydrogen) atoms. The molecule has 3 aromatic carbocycles. The van der Waals surface area contributed by atoms with Gasteiger partial charge in [0.05, 0.1) is 15.1 Å². The summed E-state index contributed by atoms with van der Waals surface area (Å²) in [5.74, 6) is -0.276. The summed E-state index contributed by atoms with van der Waals surface area (Å²) in [7, 11) is -3.79. The third-order valence-corrected chi connectivity index (χ3v) is 6.22. The van der Waals surface area contributed by atoms with Crippen molar-refractivity contribution in [3.63, 3.8) is 0 Å². The molecule has 1 heterocycles. The van der Waals surface area contributed by atoms with Gasteiger partial charge < -0.3 is 0 Å². The molecule has 0 spiro atoms. The zero-order valence-electron chi connectivity index (χ0n) is 15.2. The molecule has 0 aliphatic carbocycles. The van der Waals surface area contributed by atoms with E-state index in [1.54, 1.807) is 18.2 Å². The minimum atomic E-state index is -3.79. The highest BCUT2D eigenvalue weighted by Gasteiger charge is 2.13. The molecule has 0 saturated carbocycles. The van der Waals surface area contributed by atoms with Gasteiger partial charge >= 0.3 is 0 Å². The highest BCUT2D eigenvalue weighted by Crippen LogP contribution is 2.28. The second-order valence-electron chi connectivity index (χ2n) is 6.51. The molecule has 0 radical (unpaired) electrons. The second-order valence-corrected chi connectivity index (χ2v) is 9.10. The molecule has 6 nitrogen and oxygen atoms in total. The molecular weight excluding hydrogens is 406 g/mol. The van der Waals surface area contributed by atoms with Crippen LogP contribution in [0, 0.1) is 0 Å². The maximum atomic E-state index is 12.5. The molecule has 0 aliphatic rings. The number of amides is 1. The van der Waals surface area contributed by atoms with E-state index in [2.05, 4.69) is 22.4 Å². The number of nitrogens with zero attached hydrogens (tertiary/aromatic N) is 1. The Bertz CT molecular complexity index is 1280. The summed E-state index contributed by atoms with van der Waals surface area (Å²) < 4.78 is 23.6. The van der Waals surface area contributed by atoms with Gasteiger partial charge in [0.1, 0.15) is 0 Å². The summed E-state index contributed by atoms with van der Waals surface area (Å²) in [5.41, 5.74) is 3.43. The Morgan fingerprint density at radius 2 is 1.66 bits per heavy atom. The summed E-state index contributed by atoms with van der Waals surface area (Å²) in [6.45, 7) is 0. The van der Waals surface area contributed by atoms with Gasteiger partial charge in [-0.1, -0.05) is 53.8 Å². The van der Waals surface area contributed by atoms with Crippen LogP contribution in [0.2, 0.25) is 0 Å². The van der Waals surface area contributed by atoms with Crippen LogP contribution in [0.25, 0.3) is 10.2 Å². The molecular formula is C21H17N3O3S2. The van der Waals surface area contributed by atoms with Crippen molar-refractivity contribution in [2.24, 2.45) is 5.14 Å². The number of benzene rings is 3. The number of nitrogens with two attached hydrogens (primary N) is 1. The number of anilines is 1. The molecule has 0 bridgehead atoms. The Labute approximate surface area is 172 Å². The van der Waals surface area contributed by atoms with Crippen molar-refractivity contribution in [1.82, 2.24) is 4.98 Å². The topological polar surface area (TPSA) is 102 Å². The molecule has 1 aromatic heterocycles. The van der Waals surface area contributed by atoms with Crippen LogP contribution in [0.15, 0.2) is 77.7 Å². The zero-order chi connectivity index (χ0) is 20.4. The summed E-state index contributed by atoms with van der Waals surface area (Å²) in [6, 6.07) is 21.9. The van der Waals surface area contributed by atoms with Gasteiger partial charge in [-0.3, -0.25) is 10.1 Å². The Kier molecular flexibility index (Phi) is 5.14. The van der Waals surface area contributed by atoms with Crippen LogP contribution in [-0.4, -0.2) is 19.3 Å². The molecule has 4 rings (SSSR count). The van der Waals surface area contributed by atoms with Crippen molar-refractivity contribution in [3.8, 4) is 0 Å². The normalized spacial score (nSPS) is 11.5. The van der Waals surface area contributed by atoms with Crippen molar-refractivity contribution in [1.29, 1.82) is 0 Å². The fourth-order valence-electron chi connectivity index (χ4n) is 2.91. The molecule has 146 valence electrons. The highest BCUT2D eigenvalue weighted by molar-refractivity contribution is 7.89. The second kappa shape index (κ2) is 7.75. The minimum absolute atomic E-state index is 0.0144. The maximum Gasteiger partial charge on any atom is 0.257 e. The molecule has 0 saturated heterocycles. The fourth-order valence-corrected chi connectivity index (χ4v) is 4.42. The number of hydrogen-bond acceptors (Lipinski definition) is 5. The van der Waals surface area contributed by atoms with Crippen LogP contribution in [0.4, 0.5) is 5.13 Å². The number of carbonyl (C=O) groups is 1. The summed E-state index contributed by atoms with van der Waals surface area (Å²) >= 11 is 1.19. The van der Waals surface area contributed by atoms with Crippen molar-refractivity contribution < 1.29 is 13.2 Å². The van der Waals surface area contributed by atoms with Gasteiger partial charge in [-0.2, -0.15) is 0 Å². The van der Waals surface area contributed by atoms with Crippen molar-refractivity contribution in [2.45, 2.75) is 11.3 Å². The lowest BCUT2D eigenvalue weighted by molar-refractivity contribution is 0.102. The van der Waals surface area contributed by atoms with E-state index in [0.717, 1.165) is 12.0 Å². The van der Waals surface area contributed by atoms with E-state index in [4.69, 9.17) is 5.14 Å². The number of fused-ring (bicyclic) bond motifs is 1. The third-order valence-electron chi connectivity index (χ3n) is 4.38. The van der Waals surface area contributed by atoms with Gasteiger partial charge in [0, 0.05) is 5.56 Å². The van der Waals surface area contributed by atoms with Gasteiger partial charge in [-0.05, 0) is 47.9 Å². The van der Waals surface area contributed by atoms with Crippen LogP contribution < -0.4 is 10.5 Å². The first-order chi connectivity index (χ1) is 13.9. The van der Waals surface area contributed by atoms with Crippen LogP contribution in [0.1, 0.15) is 21.5 Å². The van der Waals surface area contributed by atoms with E-state index in [1.165, 1.54) is 29.0 Å². The zero-order valence-corrected chi connectivity index (χ0v) is 16.8. The molecule has 1 amide bonds. The van der Waals surface area contributed by atoms with Gasteiger partial charge in [0.25, 0.3) is 5.91 Å². The largest absolute Gasteiger partial charge is 0.298 e. The number of thiazole rings is 1. The molecule has 3 N–H and O–H groups in total. The average molecular weight is 424 g/mol. The lowest BCUT2D eigenvalue weighted by Gasteiger charge is -2.05. The SMILES string of the molecule is NS(=O)(=O)c1ccc2nc(NC(=O)c3ccc(Cc4ccccc4)cc3)sc2c1. The number of carbonyl (C=O) groups excluding carboxylic acids is 1. The Hall–Kier alpha value is -3.07. The van der Waals surface area contributed by atoms with Crippen LogP contribution in [-0.2, 0) is 16.4 Å². The molecule has 4 aromatic rings. The van der Waals surface area contributed by atoms with Crippen LogP contribution in [0.5, 0.6) is 0 Å². The van der Waals surface area contributed by atoms with Gasteiger partial charge in [0.15, 0.2) is 5.13 Å². The van der Waals surface area contributed by atoms with E-state index in [9.17, 15) is 13.2 Å². The number of rotatable bonds is 5. The van der Waals surface area contributed by atoms with Crippen LogP contribution >= 0.6 is 11.3 Å². The predicted octanol–water partition coefficient (Wildman–Crippen LogP) is 3.79. The molecule has 0 fully saturated rings. The number of hydrogen-bond donors (Lipinski definition) is 2. The van der Waals surface area contributed by atoms with Gasteiger partial charge in [-0.15, -0.1) is 0 Å². The van der Waals surface area contributed by atoms with Crippen molar-refractivity contribution in [2.75, 3.05) is 5.32 Å². The summed E-state index contributed by atoms with van der Waals surface area (Å²) in [5, 5.41) is 8.32. The van der Waals surface area contributed by atoms with E-state index >= 15 is 0 Å². The standard InChI is InChI=1S/C21H17N3O3S2/c22-29(26,27)17-10-11-18-19(13-17)28-21(23-18)24-20(25)16-8-6-15(7-9-16)12-14-4-2-1-3-5-14/h1-11,13H,12H2,(H2,22,26,27)(H,23,24,25). The number of nitrogens with one attached hydrogen (secondary N) is 1. The average Bonchev–Trinajstić information content (AvgIpc) is 3.10. The summed E-state index contributed by atoms with van der Waals surface area (Å²) in [4.78, 5) is 16.9. The molecule has 0 unspecified atom stereocenters. The minimum Gasteiger partial charge on any atom is -0.298 e. The van der Waals surface area contributed by atoms with E-state index in [1.807, 2.05) is 30.3 Å². The van der Waals surface area contributed by atoms with Crippen molar-refractivity contribution in [3.05, 3.63) is 89.5 Å². The third kappa shape index (κ3) is 4.51. The number of primary sulfonamides is 1. The quantitative estimate of drug-likeness (QED) is 0.510. The smallest absolute Gasteiger partial charge is 0.257 e. The first-order valence-corrected chi connectivity index (χ1v) is 11.1. The van der Waals surface area contributed by atoms with E-state index < -0.39 is 10.0 Å². The first-order valence-electron chi connectivity index (χ1n) is 8.76. The summed E-state index contributed by atoms with van der Waals surface area (Å²) in [6.07, 6.45) is 0.799. The monoisotopic (exact) mass is 423 g/mol. The number of sulfonamides is 1. The van der Waals surface area contributed by atoms with E-state index in [0.29, 0.717) is 20.9 Å². The lowest BCUT2D eigenvalue weighted by Crippen LogP contribution is -2.11. The maximum absolute atomic E-state index is 12.5. The van der Waals surface area contributed by atoms with Crippen molar-refractivity contribution >= 4 is 42.6 Å². The van der Waals surface area contributed by atoms with E-state index in [-0.39, 0.29) is 10.8 Å². The lowest BCUT2D eigenvalue weighted by atomic mass is 10.0. The molecule has 0 atom stereocenters. The molecule has 0 aliphatic heterocycles. The predicted molar refractivity (Wildman–Crippen MR) is 115 cm³/mol. The Balaban J connectivity index is 1.49.